The number of benzene rings is 2. The zero-order valence-electron chi connectivity index (χ0n) is 15.0. The SMILES string of the molecule is C=CCN(CC=C)C(=O)c1cc(S(=O)(=O)N(C)c2ccccc2)ccc1Cl. The summed E-state index contributed by atoms with van der Waals surface area (Å²) < 4.78 is 27.1. The van der Waals surface area contributed by atoms with Crippen LogP contribution in [0.3, 0.4) is 0 Å². The minimum Gasteiger partial charge on any atom is -0.331 e. The molecule has 1 amide bonds. The third-order valence-electron chi connectivity index (χ3n) is 3.93. The van der Waals surface area contributed by atoms with Crippen LogP contribution < -0.4 is 4.31 Å². The summed E-state index contributed by atoms with van der Waals surface area (Å²) in [5.74, 6) is -0.390. The fourth-order valence-corrected chi connectivity index (χ4v) is 3.91. The third-order valence-corrected chi connectivity index (χ3v) is 6.04. The first-order chi connectivity index (χ1) is 12.8. The first kappa shape index (κ1) is 20.7. The molecule has 5 nitrogen and oxygen atoms in total. The van der Waals surface area contributed by atoms with Crippen LogP contribution in [0.25, 0.3) is 0 Å². The van der Waals surface area contributed by atoms with Gasteiger partial charge in [0.25, 0.3) is 15.9 Å². The molecule has 0 spiro atoms. The molecular weight excluding hydrogens is 384 g/mol. The highest BCUT2D eigenvalue weighted by Gasteiger charge is 2.25. The number of para-hydroxylation sites is 1. The van der Waals surface area contributed by atoms with Crippen molar-refractivity contribution in [1.82, 2.24) is 4.90 Å². The molecule has 2 aromatic carbocycles. The number of carbonyl (C=O) groups excluding carboxylic acids is 1. The molecule has 0 atom stereocenters. The summed E-state index contributed by atoms with van der Waals surface area (Å²) in [6.07, 6.45) is 3.16. The lowest BCUT2D eigenvalue weighted by atomic mass is 10.2. The van der Waals surface area contributed by atoms with E-state index >= 15 is 0 Å². The van der Waals surface area contributed by atoms with E-state index in [4.69, 9.17) is 11.6 Å². The van der Waals surface area contributed by atoms with Crippen molar-refractivity contribution in [2.75, 3.05) is 24.4 Å². The number of amides is 1. The molecule has 142 valence electrons. The summed E-state index contributed by atoms with van der Waals surface area (Å²) in [6, 6.07) is 12.8. The summed E-state index contributed by atoms with van der Waals surface area (Å²) in [6.45, 7) is 7.85. The summed E-state index contributed by atoms with van der Waals surface area (Å²) in [4.78, 5) is 14.3. The molecule has 7 heteroatoms. The van der Waals surface area contributed by atoms with Crippen molar-refractivity contribution in [2.24, 2.45) is 0 Å². The molecule has 0 saturated carbocycles. The van der Waals surface area contributed by atoms with E-state index in [1.807, 2.05) is 0 Å². The predicted octanol–water partition coefficient (Wildman–Crippen LogP) is 3.98. The first-order valence-corrected chi connectivity index (χ1v) is 9.99. The Balaban J connectivity index is 2.45. The zero-order chi connectivity index (χ0) is 20.0. The Labute approximate surface area is 165 Å². The smallest absolute Gasteiger partial charge is 0.264 e. The van der Waals surface area contributed by atoms with Gasteiger partial charge >= 0.3 is 0 Å². The van der Waals surface area contributed by atoms with Gasteiger partial charge in [-0.05, 0) is 30.3 Å². The molecule has 0 heterocycles. The number of hydrogen-bond donors (Lipinski definition) is 0. The van der Waals surface area contributed by atoms with E-state index in [1.54, 1.807) is 42.5 Å². The molecule has 0 fully saturated rings. The average molecular weight is 405 g/mol. The molecule has 27 heavy (non-hydrogen) atoms. The van der Waals surface area contributed by atoms with E-state index in [2.05, 4.69) is 13.2 Å². The standard InChI is InChI=1S/C20H21ClN2O3S/c1-4-13-23(14-5-2)20(24)18-15-17(11-12-19(18)21)27(25,26)22(3)16-9-7-6-8-10-16/h4-12,15H,1-2,13-14H2,3H3. The summed E-state index contributed by atoms with van der Waals surface area (Å²) >= 11 is 6.17. The highest BCUT2D eigenvalue weighted by molar-refractivity contribution is 7.92. The quantitative estimate of drug-likeness (QED) is 0.625. The molecule has 2 aromatic rings. The lowest BCUT2D eigenvalue weighted by Gasteiger charge is -2.22. The molecule has 0 saturated heterocycles. The molecular formula is C20H21ClN2O3S. The van der Waals surface area contributed by atoms with Crippen LogP contribution in [0, 0.1) is 0 Å². The van der Waals surface area contributed by atoms with E-state index < -0.39 is 10.0 Å². The van der Waals surface area contributed by atoms with Gasteiger partial charge in [-0.25, -0.2) is 8.42 Å². The maximum Gasteiger partial charge on any atom is 0.264 e. The van der Waals surface area contributed by atoms with E-state index in [-0.39, 0.29) is 21.4 Å². The van der Waals surface area contributed by atoms with Gasteiger partial charge in [0.15, 0.2) is 0 Å². The molecule has 0 radical (unpaired) electrons. The fourth-order valence-electron chi connectivity index (χ4n) is 2.49. The second-order valence-corrected chi connectivity index (χ2v) is 8.11. The Morgan fingerprint density at radius 3 is 2.22 bits per heavy atom. The maximum atomic E-state index is 13.0. The van der Waals surface area contributed by atoms with Crippen LogP contribution in [0.4, 0.5) is 5.69 Å². The molecule has 0 unspecified atom stereocenters. The van der Waals surface area contributed by atoms with Crippen LogP contribution in [0.2, 0.25) is 5.02 Å². The number of carbonyl (C=O) groups is 1. The van der Waals surface area contributed by atoms with Crippen LogP contribution in [0.5, 0.6) is 0 Å². The number of anilines is 1. The highest BCUT2D eigenvalue weighted by Crippen LogP contribution is 2.26. The van der Waals surface area contributed by atoms with Crippen LogP contribution in [0.1, 0.15) is 10.4 Å². The Morgan fingerprint density at radius 1 is 1.07 bits per heavy atom. The molecule has 0 aliphatic carbocycles. The Morgan fingerprint density at radius 2 is 1.67 bits per heavy atom. The minimum absolute atomic E-state index is 0.0150. The molecule has 0 N–H and O–H groups in total. The number of halogens is 1. The second kappa shape index (κ2) is 8.88. The largest absolute Gasteiger partial charge is 0.331 e. The van der Waals surface area contributed by atoms with Gasteiger partial charge in [0, 0.05) is 20.1 Å². The van der Waals surface area contributed by atoms with Crippen molar-refractivity contribution in [3.05, 3.63) is 84.4 Å². The van der Waals surface area contributed by atoms with E-state index in [0.29, 0.717) is 18.8 Å². The number of sulfonamides is 1. The van der Waals surface area contributed by atoms with Gasteiger partial charge in [-0.2, -0.15) is 0 Å². The lowest BCUT2D eigenvalue weighted by molar-refractivity contribution is 0.0791. The zero-order valence-corrected chi connectivity index (χ0v) is 16.6. The van der Waals surface area contributed by atoms with Gasteiger partial charge in [0.2, 0.25) is 0 Å². The van der Waals surface area contributed by atoms with Crippen molar-refractivity contribution in [3.8, 4) is 0 Å². The van der Waals surface area contributed by atoms with Crippen molar-refractivity contribution >= 4 is 33.2 Å². The monoisotopic (exact) mass is 404 g/mol. The van der Waals surface area contributed by atoms with Crippen LogP contribution >= 0.6 is 11.6 Å². The van der Waals surface area contributed by atoms with E-state index in [0.717, 1.165) is 4.31 Å². The first-order valence-electron chi connectivity index (χ1n) is 8.17. The topological polar surface area (TPSA) is 57.7 Å². The number of hydrogen-bond acceptors (Lipinski definition) is 3. The summed E-state index contributed by atoms with van der Waals surface area (Å²) in [5.41, 5.74) is 0.628. The fraction of sp³-hybridized carbons (Fsp3) is 0.150. The van der Waals surface area contributed by atoms with Gasteiger partial charge < -0.3 is 4.90 Å². The molecule has 0 bridgehead atoms. The van der Waals surface area contributed by atoms with Gasteiger partial charge in [-0.1, -0.05) is 42.0 Å². The lowest BCUT2D eigenvalue weighted by Crippen LogP contribution is -2.32. The van der Waals surface area contributed by atoms with Gasteiger partial charge in [0.1, 0.15) is 0 Å². The van der Waals surface area contributed by atoms with Crippen LogP contribution in [-0.2, 0) is 10.0 Å². The van der Waals surface area contributed by atoms with Gasteiger partial charge in [-0.15, -0.1) is 13.2 Å². The predicted molar refractivity (Wildman–Crippen MR) is 110 cm³/mol. The summed E-state index contributed by atoms with van der Waals surface area (Å²) in [5, 5.41) is 0.180. The van der Waals surface area contributed by atoms with Crippen molar-refractivity contribution in [1.29, 1.82) is 0 Å². The normalized spacial score (nSPS) is 10.9. The van der Waals surface area contributed by atoms with Crippen molar-refractivity contribution in [2.45, 2.75) is 4.90 Å². The second-order valence-electron chi connectivity index (χ2n) is 5.74. The van der Waals surface area contributed by atoms with Crippen molar-refractivity contribution < 1.29 is 13.2 Å². The molecule has 0 aliphatic heterocycles. The highest BCUT2D eigenvalue weighted by atomic mass is 35.5. The van der Waals surface area contributed by atoms with Crippen LogP contribution in [0.15, 0.2) is 78.7 Å². The average Bonchev–Trinajstić information content (AvgIpc) is 2.67. The van der Waals surface area contributed by atoms with Crippen molar-refractivity contribution in [3.63, 3.8) is 0 Å². The third kappa shape index (κ3) is 4.59. The Hall–Kier alpha value is -2.57. The van der Waals surface area contributed by atoms with Gasteiger partial charge in [0.05, 0.1) is 21.2 Å². The van der Waals surface area contributed by atoms with E-state index in [1.165, 1.54) is 30.1 Å². The van der Waals surface area contributed by atoms with E-state index in [9.17, 15) is 13.2 Å². The number of nitrogens with zero attached hydrogens (tertiary/aromatic N) is 2. The molecule has 2 rings (SSSR count). The Kier molecular flexibility index (Phi) is 6.82. The van der Waals surface area contributed by atoms with Crippen LogP contribution in [-0.4, -0.2) is 39.4 Å². The van der Waals surface area contributed by atoms with Gasteiger partial charge in [-0.3, -0.25) is 9.10 Å². The number of rotatable bonds is 8. The Bertz CT molecular complexity index is 933. The molecule has 0 aromatic heterocycles. The summed E-state index contributed by atoms with van der Waals surface area (Å²) in [7, 11) is -2.39. The minimum atomic E-state index is -3.85. The maximum absolute atomic E-state index is 13.0. The molecule has 0 aliphatic rings.